The fraction of sp³-hybridized carbons (Fsp3) is 0.300. The number of esters is 3. The smallest absolute Gasteiger partial charge is 0.343 e. The molecule has 0 N–H and O–H groups in total. The van der Waals surface area contributed by atoms with Gasteiger partial charge in [0.1, 0.15) is 11.5 Å². The van der Waals surface area contributed by atoms with E-state index in [0.29, 0.717) is 35.8 Å². The molecule has 0 radical (unpaired) electrons. The van der Waals surface area contributed by atoms with Crippen molar-refractivity contribution >= 4 is 17.9 Å². The maximum Gasteiger partial charge on any atom is 0.343 e. The molecule has 38 heavy (non-hydrogen) atoms. The number of benzene rings is 3. The third-order valence-corrected chi connectivity index (χ3v) is 5.50. The number of ether oxygens (including phenoxy) is 5. The van der Waals surface area contributed by atoms with Gasteiger partial charge in [-0.25, -0.2) is 9.59 Å². The van der Waals surface area contributed by atoms with Gasteiger partial charge in [-0.15, -0.1) is 0 Å². The molecule has 0 aliphatic carbocycles. The first-order valence-corrected chi connectivity index (χ1v) is 12.4. The van der Waals surface area contributed by atoms with Crippen LogP contribution in [-0.4, -0.2) is 38.2 Å². The van der Waals surface area contributed by atoms with Gasteiger partial charge >= 0.3 is 17.9 Å². The Labute approximate surface area is 222 Å². The third kappa shape index (κ3) is 8.09. The number of hydrogen-bond donors (Lipinski definition) is 0. The first-order chi connectivity index (χ1) is 18.3. The van der Waals surface area contributed by atoms with E-state index in [1.165, 1.54) is 37.4 Å². The van der Waals surface area contributed by atoms with Gasteiger partial charge in [-0.05, 0) is 66.6 Å². The lowest BCUT2D eigenvalue weighted by atomic mass is 10.2. The van der Waals surface area contributed by atoms with Gasteiger partial charge in [0.05, 0.1) is 37.4 Å². The summed E-state index contributed by atoms with van der Waals surface area (Å²) in [7, 11) is 1.47. The summed E-state index contributed by atoms with van der Waals surface area (Å²) < 4.78 is 27.0. The first-order valence-electron chi connectivity index (χ1n) is 12.4. The lowest BCUT2D eigenvalue weighted by Gasteiger charge is -2.12. The molecule has 0 saturated carbocycles. The lowest BCUT2D eigenvalue weighted by Crippen LogP contribution is -2.14. The zero-order chi connectivity index (χ0) is 27.5. The molecule has 0 saturated heterocycles. The topological polar surface area (TPSA) is 97.4 Å². The molecule has 8 heteroatoms. The SMILES string of the molecule is CCc1ccc(OC(=O)c2ccc(OC(=O)c3ccc(OCCCOC(=O)C(C)C)c(OC)c3)cc2)cc1. The molecule has 0 spiro atoms. The molecule has 0 aromatic heterocycles. The predicted molar refractivity (Wildman–Crippen MR) is 141 cm³/mol. The van der Waals surface area contributed by atoms with Gasteiger partial charge in [0, 0.05) is 6.42 Å². The van der Waals surface area contributed by atoms with Crippen molar-refractivity contribution in [1.82, 2.24) is 0 Å². The number of carbonyl (C=O) groups excluding carboxylic acids is 3. The van der Waals surface area contributed by atoms with Gasteiger partial charge in [0.2, 0.25) is 0 Å². The summed E-state index contributed by atoms with van der Waals surface area (Å²) >= 11 is 0. The van der Waals surface area contributed by atoms with Crippen molar-refractivity contribution in [3.8, 4) is 23.0 Å². The summed E-state index contributed by atoms with van der Waals surface area (Å²) in [6.07, 6.45) is 1.41. The van der Waals surface area contributed by atoms with Gasteiger partial charge in [0.15, 0.2) is 11.5 Å². The molecule has 8 nitrogen and oxygen atoms in total. The Hall–Kier alpha value is -4.33. The molecule has 0 fully saturated rings. The summed E-state index contributed by atoms with van der Waals surface area (Å²) in [6, 6.07) is 18.1. The Morgan fingerprint density at radius 2 is 1.32 bits per heavy atom. The van der Waals surface area contributed by atoms with Crippen molar-refractivity contribution in [3.05, 3.63) is 83.4 Å². The van der Waals surface area contributed by atoms with E-state index >= 15 is 0 Å². The van der Waals surface area contributed by atoms with E-state index in [0.717, 1.165) is 12.0 Å². The number of aryl methyl sites for hydroxylation is 1. The fourth-order valence-corrected chi connectivity index (χ4v) is 3.28. The minimum Gasteiger partial charge on any atom is -0.493 e. The van der Waals surface area contributed by atoms with Crippen LogP contribution in [-0.2, 0) is 16.0 Å². The van der Waals surface area contributed by atoms with E-state index in [2.05, 4.69) is 6.92 Å². The van der Waals surface area contributed by atoms with Crippen LogP contribution in [0.15, 0.2) is 66.7 Å². The molecule has 0 aliphatic heterocycles. The predicted octanol–water partition coefficient (Wildman–Crippen LogP) is 5.66. The van der Waals surface area contributed by atoms with Crippen LogP contribution in [0.4, 0.5) is 0 Å². The van der Waals surface area contributed by atoms with Crippen LogP contribution < -0.4 is 18.9 Å². The zero-order valence-corrected chi connectivity index (χ0v) is 22.0. The Morgan fingerprint density at radius 1 is 0.737 bits per heavy atom. The second-order valence-electron chi connectivity index (χ2n) is 8.69. The fourth-order valence-electron chi connectivity index (χ4n) is 3.28. The van der Waals surface area contributed by atoms with E-state index in [-0.39, 0.29) is 29.8 Å². The third-order valence-electron chi connectivity index (χ3n) is 5.50. The highest BCUT2D eigenvalue weighted by molar-refractivity contribution is 5.93. The van der Waals surface area contributed by atoms with Gasteiger partial charge in [-0.3, -0.25) is 4.79 Å². The molecule has 0 heterocycles. The molecular formula is C30H32O8. The number of carbonyl (C=O) groups is 3. The normalized spacial score (nSPS) is 10.6. The van der Waals surface area contributed by atoms with Crippen molar-refractivity contribution in [2.75, 3.05) is 20.3 Å². The summed E-state index contributed by atoms with van der Waals surface area (Å²) in [6.45, 7) is 6.16. The van der Waals surface area contributed by atoms with Crippen molar-refractivity contribution < 1.29 is 38.1 Å². The standard InChI is InChI=1S/C30H32O8/c1-5-21-7-12-24(13-8-21)37-29(32)22-9-14-25(15-10-22)38-30(33)23-11-16-26(27(19-23)34-4)35-17-6-18-36-28(31)20(2)3/h7-16,19-20H,5-6,17-18H2,1-4H3. The van der Waals surface area contributed by atoms with Crippen LogP contribution in [0, 0.1) is 5.92 Å². The van der Waals surface area contributed by atoms with Crippen LogP contribution in [0.1, 0.15) is 53.5 Å². The highest BCUT2D eigenvalue weighted by Crippen LogP contribution is 2.29. The Morgan fingerprint density at radius 3 is 1.89 bits per heavy atom. The van der Waals surface area contributed by atoms with Gasteiger partial charge in [-0.2, -0.15) is 0 Å². The quantitative estimate of drug-likeness (QED) is 0.171. The minimum absolute atomic E-state index is 0.174. The van der Waals surface area contributed by atoms with Crippen LogP contribution >= 0.6 is 0 Å². The molecule has 200 valence electrons. The van der Waals surface area contributed by atoms with Crippen LogP contribution in [0.3, 0.4) is 0 Å². The van der Waals surface area contributed by atoms with Crippen LogP contribution in [0.2, 0.25) is 0 Å². The van der Waals surface area contributed by atoms with Crippen molar-refractivity contribution in [2.45, 2.75) is 33.6 Å². The lowest BCUT2D eigenvalue weighted by molar-refractivity contribution is -0.147. The highest BCUT2D eigenvalue weighted by Gasteiger charge is 2.15. The Bertz CT molecular complexity index is 1230. The second kappa shape index (κ2) is 13.8. The molecule has 0 unspecified atom stereocenters. The van der Waals surface area contributed by atoms with Gasteiger partial charge in [0.25, 0.3) is 0 Å². The maximum absolute atomic E-state index is 12.7. The van der Waals surface area contributed by atoms with E-state index in [1.54, 1.807) is 38.1 Å². The Balaban J connectivity index is 1.53. The summed E-state index contributed by atoms with van der Waals surface area (Å²) in [5.74, 6) is 0.0134. The average molecular weight is 521 g/mol. The molecule has 0 aliphatic rings. The average Bonchev–Trinajstić information content (AvgIpc) is 2.93. The van der Waals surface area contributed by atoms with Crippen molar-refractivity contribution in [1.29, 1.82) is 0 Å². The summed E-state index contributed by atoms with van der Waals surface area (Å²) in [5, 5.41) is 0. The molecule has 3 aromatic rings. The van der Waals surface area contributed by atoms with Crippen LogP contribution in [0.25, 0.3) is 0 Å². The zero-order valence-electron chi connectivity index (χ0n) is 22.0. The molecule has 3 rings (SSSR count). The van der Waals surface area contributed by atoms with Gasteiger partial charge < -0.3 is 23.7 Å². The maximum atomic E-state index is 12.7. The van der Waals surface area contributed by atoms with Crippen molar-refractivity contribution in [3.63, 3.8) is 0 Å². The second-order valence-corrected chi connectivity index (χ2v) is 8.69. The first kappa shape index (κ1) is 28.2. The molecule has 0 amide bonds. The largest absolute Gasteiger partial charge is 0.493 e. The molecule has 0 bridgehead atoms. The highest BCUT2D eigenvalue weighted by atomic mass is 16.5. The minimum atomic E-state index is -0.596. The summed E-state index contributed by atoms with van der Waals surface area (Å²) in [4.78, 5) is 36.6. The van der Waals surface area contributed by atoms with Gasteiger partial charge in [-0.1, -0.05) is 32.9 Å². The van der Waals surface area contributed by atoms with Crippen molar-refractivity contribution in [2.24, 2.45) is 5.92 Å². The Kier molecular flexibility index (Phi) is 10.3. The van der Waals surface area contributed by atoms with Crippen LogP contribution in [0.5, 0.6) is 23.0 Å². The molecular weight excluding hydrogens is 488 g/mol. The molecule has 3 aromatic carbocycles. The number of rotatable bonds is 12. The summed E-state index contributed by atoms with van der Waals surface area (Å²) in [5.41, 5.74) is 1.74. The number of hydrogen-bond acceptors (Lipinski definition) is 8. The number of methoxy groups -OCH3 is 1. The molecule has 0 atom stereocenters. The van der Waals surface area contributed by atoms with E-state index in [9.17, 15) is 14.4 Å². The van der Waals surface area contributed by atoms with E-state index < -0.39 is 11.9 Å². The van der Waals surface area contributed by atoms with E-state index in [1.807, 2.05) is 12.1 Å². The van der Waals surface area contributed by atoms with E-state index in [4.69, 9.17) is 23.7 Å². The monoisotopic (exact) mass is 520 g/mol.